The first-order chi connectivity index (χ1) is 5.93. The van der Waals surface area contributed by atoms with E-state index in [9.17, 15) is 9.59 Å². The minimum absolute atomic E-state index is 0.350. The van der Waals surface area contributed by atoms with E-state index < -0.39 is 5.97 Å². The zero-order valence-corrected chi connectivity index (χ0v) is 7.96. The van der Waals surface area contributed by atoms with Crippen molar-refractivity contribution in [3.63, 3.8) is 0 Å². The molecule has 2 N–H and O–H groups in total. The Balaban J connectivity index is 3.83. The van der Waals surface area contributed by atoms with Crippen LogP contribution in [0.3, 0.4) is 0 Å². The van der Waals surface area contributed by atoms with Crippen LogP contribution in [0, 0.1) is 5.92 Å². The zero-order valence-electron chi connectivity index (χ0n) is 7.96. The molecule has 0 aromatic rings. The SMILES string of the molecule is C=C(CC(C)C)C(=O)NCC(=O)O. The molecule has 0 rings (SSSR count). The average molecular weight is 185 g/mol. The summed E-state index contributed by atoms with van der Waals surface area (Å²) in [6, 6.07) is 0. The number of carbonyl (C=O) groups is 2. The van der Waals surface area contributed by atoms with E-state index in [0.717, 1.165) is 0 Å². The van der Waals surface area contributed by atoms with Crippen molar-refractivity contribution in [3.05, 3.63) is 12.2 Å². The number of carboxylic acid groups (broad SMARTS) is 1. The topological polar surface area (TPSA) is 66.4 Å². The first-order valence-electron chi connectivity index (χ1n) is 4.11. The molecule has 13 heavy (non-hydrogen) atoms. The summed E-state index contributed by atoms with van der Waals surface area (Å²) < 4.78 is 0. The molecular formula is C9H15NO3. The Labute approximate surface area is 77.6 Å². The van der Waals surface area contributed by atoms with Crippen molar-refractivity contribution >= 4 is 11.9 Å². The maximum Gasteiger partial charge on any atom is 0.322 e. The molecule has 0 unspecified atom stereocenters. The van der Waals surface area contributed by atoms with Crippen LogP contribution in [0.2, 0.25) is 0 Å². The standard InChI is InChI=1S/C9H15NO3/c1-6(2)4-7(3)9(13)10-5-8(11)12/h6H,3-5H2,1-2H3,(H,10,13)(H,11,12). The Morgan fingerprint density at radius 3 is 2.38 bits per heavy atom. The van der Waals surface area contributed by atoms with Gasteiger partial charge in [0, 0.05) is 5.57 Å². The number of amides is 1. The minimum atomic E-state index is -1.05. The van der Waals surface area contributed by atoms with Gasteiger partial charge in [-0.15, -0.1) is 0 Å². The van der Waals surface area contributed by atoms with Gasteiger partial charge in [0.15, 0.2) is 0 Å². The van der Waals surface area contributed by atoms with E-state index >= 15 is 0 Å². The number of carbonyl (C=O) groups excluding carboxylic acids is 1. The van der Waals surface area contributed by atoms with Crippen molar-refractivity contribution in [3.8, 4) is 0 Å². The van der Waals surface area contributed by atoms with Crippen molar-refractivity contribution < 1.29 is 14.7 Å². The molecule has 4 nitrogen and oxygen atoms in total. The second-order valence-corrected chi connectivity index (χ2v) is 3.28. The van der Waals surface area contributed by atoms with Gasteiger partial charge in [-0.1, -0.05) is 20.4 Å². The molecule has 0 aromatic heterocycles. The summed E-state index contributed by atoms with van der Waals surface area (Å²) in [7, 11) is 0. The van der Waals surface area contributed by atoms with Gasteiger partial charge in [-0.25, -0.2) is 0 Å². The summed E-state index contributed by atoms with van der Waals surface area (Å²) in [6.45, 7) is 7.15. The first-order valence-corrected chi connectivity index (χ1v) is 4.11. The lowest BCUT2D eigenvalue weighted by atomic mass is 10.0. The third-order valence-electron chi connectivity index (χ3n) is 1.38. The van der Waals surface area contributed by atoms with Crippen LogP contribution in [-0.2, 0) is 9.59 Å². The molecule has 0 fully saturated rings. The smallest absolute Gasteiger partial charge is 0.322 e. The highest BCUT2D eigenvalue weighted by molar-refractivity contribution is 5.94. The van der Waals surface area contributed by atoms with Gasteiger partial charge >= 0.3 is 5.97 Å². The van der Waals surface area contributed by atoms with Gasteiger partial charge in [-0.05, 0) is 12.3 Å². The maximum absolute atomic E-state index is 11.1. The Bertz CT molecular complexity index is 221. The Hall–Kier alpha value is -1.32. The number of hydrogen-bond acceptors (Lipinski definition) is 2. The van der Waals surface area contributed by atoms with Gasteiger partial charge in [0.1, 0.15) is 6.54 Å². The summed E-state index contributed by atoms with van der Waals surface area (Å²) in [5.41, 5.74) is 0.427. The number of nitrogens with one attached hydrogen (secondary N) is 1. The third kappa shape index (κ3) is 5.90. The van der Waals surface area contributed by atoms with Gasteiger partial charge in [0.2, 0.25) is 5.91 Å². The van der Waals surface area contributed by atoms with Crippen molar-refractivity contribution in [1.29, 1.82) is 0 Å². The fraction of sp³-hybridized carbons (Fsp3) is 0.556. The molecule has 0 aromatic carbocycles. The van der Waals surface area contributed by atoms with E-state index in [0.29, 0.717) is 17.9 Å². The van der Waals surface area contributed by atoms with Crippen LogP contribution in [0.1, 0.15) is 20.3 Å². The molecule has 0 aliphatic rings. The highest BCUT2D eigenvalue weighted by Crippen LogP contribution is 2.07. The summed E-state index contributed by atoms with van der Waals surface area (Å²) in [5.74, 6) is -1.08. The number of aliphatic carboxylic acids is 1. The van der Waals surface area contributed by atoms with Crippen molar-refractivity contribution in [1.82, 2.24) is 5.32 Å². The number of carboxylic acids is 1. The maximum atomic E-state index is 11.1. The molecule has 74 valence electrons. The molecule has 0 atom stereocenters. The number of hydrogen-bond donors (Lipinski definition) is 2. The normalized spacial score (nSPS) is 9.77. The molecule has 0 radical (unpaired) electrons. The molecule has 0 heterocycles. The zero-order chi connectivity index (χ0) is 10.4. The van der Waals surface area contributed by atoms with E-state index in [1.54, 1.807) is 0 Å². The quantitative estimate of drug-likeness (QED) is 0.622. The lowest BCUT2D eigenvalue weighted by Crippen LogP contribution is -2.30. The van der Waals surface area contributed by atoms with Gasteiger partial charge < -0.3 is 10.4 Å². The van der Waals surface area contributed by atoms with Crippen LogP contribution in [0.4, 0.5) is 0 Å². The summed E-state index contributed by atoms with van der Waals surface area (Å²) in [5, 5.41) is 10.5. The molecule has 0 saturated carbocycles. The van der Waals surface area contributed by atoms with Crippen LogP contribution >= 0.6 is 0 Å². The fourth-order valence-electron chi connectivity index (χ4n) is 0.866. The van der Waals surface area contributed by atoms with Crippen LogP contribution in [0.15, 0.2) is 12.2 Å². The molecule has 4 heteroatoms. The largest absolute Gasteiger partial charge is 0.480 e. The lowest BCUT2D eigenvalue weighted by molar-refractivity contribution is -0.137. The Morgan fingerprint density at radius 2 is 2.00 bits per heavy atom. The third-order valence-corrected chi connectivity index (χ3v) is 1.38. The van der Waals surface area contributed by atoms with Gasteiger partial charge in [-0.2, -0.15) is 0 Å². The Morgan fingerprint density at radius 1 is 1.46 bits per heavy atom. The minimum Gasteiger partial charge on any atom is -0.480 e. The summed E-state index contributed by atoms with van der Waals surface area (Å²) >= 11 is 0. The van der Waals surface area contributed by atoms with Crippen molar-refractivity contribution in [2.75, 3.05) is 6.54 Å². The molecule has 0 aliphatic heterocycles. The van der Waals surface area contributed by atoms with E-state index in [2.05, 4.69) is 11.9 Å². The molecule has 1 amide bonds. The predicted octanol–water partition coefficient (Wildman–Crippen LogP) is 0.790. The summed E-state index contributed by atoms with van der Waals surface area (Å²) in [6.07, 6.45) is 0.589. The summed E-state index contributed by atoms with van der Waals surface area (Å²) in [4.78, 5) is 21.2. The average Bonchev–Trinajstić information content (AvgIpc) is 1.98. The van der Waals surface area contributed by atoms with Gasteiger partial charge in [0.25, 0.3) is 0 Å². The molecule has 0 saturated heterocycles. The van der Waals surface area contributed by atoms with E-state index in [1.807, 2.05) is 13.8 Å². The predicted molar refractivity (Wildman–Crippen MR) is 49.2 cm³/mol. The van der Waals surface area contributed by atoms with Gasteiger partial charge in [0.05, 0.1) is 0 Å². The second kappa shape index (κ2) is 5.35. The molecule has 0 spiro atoms. The van der Waals surface area contributed by atoms with Gasteiger partial charge in [-0.3, -0.25) is 9.59 Å². The van der Waals surface area contributed by atoms with E-state index in [-0.39, 0.29) is 12.5 Å². The lowest BCUT2D eigenvalue weighted by Gasteiger charge is -2.07. The first kappa shape index (κ1) is 11.7. The monoisotopic (exact) mass is 185 g/mol. The Kier molecular flexibility index (Phi) is 4.80. The van der Waals surface area contributed by atoms with Crippen molar-refractivity contribution in [2.45, 2.75) is 20.3 Å². The fourth-order valence-corrected chi connectivity index (χ4v) is 0.866. The van der Waals surface area contributed by atoms with Crippen molar-refractivity contribution in [2.24, 2.45) is 5.92 Å². The van der Waals surface area contributed by atoms with Crippen LogP contribution < -0.4 is 5.32 Å². The van der Waals surface area contributed by atoms with E-state index in [4.69, 9.17) is 5.11 Å². The molecule has 0 bridgehead atoms. The number of rotatable bonds is 5. The highest BCUT2D eigenvalue weighted by atomic mass is 16.4. The van der Waals surface area contributed by atoms with Crippen LogP contribution in [-0.4, -0.2) is 23.5 Å². The van der Waals surface area contributed by atoms with Crippen LogP contribution in [0.5, 0.6) is 0 Å². The molecule has 0 aliphatic carbocycles. The van der Waals surface area contributed by atoms with Crippen LogP contribution in [0.25, 0.3) is 0 Å². The highest BCUT2D eigenvalue weighted by Gasteiger charge is 2.09. The molecular weight excluding hydrogens is 170 g/mol. The van der Waals surface area contributed by atoms with E-state index in [1.165, 1.54) is 0 Å². The second-order valence-electron chi connectivity index (χ2n) is 3.28.